The Morgan fingerprint density at radius 3 is 2.39 bits per heavy atom. The topological polar surface area (TPSA) is 94.7 Å². The zero-order valence-corrected chi connectivity index (χ0v) is 22.2. The molecule has 1 fully saturated rings. The highest BCUT2D eigenvalue weighted by Gasteiger charge is 2.43. The third-order valence-corrected chi connectivity index (χ3v) is 7.16. The van der Waals surface area contributed by atoms with E-state index in [4.69, 9.17) is 21.7 Å². The predicted octanol–water partition coefficient (Wildman–Crippen LogP) is 5.59. The Kier molecular flexibility index (Phi) is 6.73. The number of pyridine rings is 1. The van der Waals surface area contributed by atoms with Gasteiger partial charge in [0.25, 0.3) is 5.69 Å². The van der Waals surface area contributed by atoms with E-state index in [9.17, 15) is 10.1 Å². The van der Waals surface area contributed by atoms with Crippen LogP contribution in [-0.4, -0.2) is 33.8 Å². The monoisotopic (exact) mass is 529 g/mol. The summed E-state index contributed by atoms with van der Waals surface area (Å²) in [6.45, 7) is 4.03. The minimum absolute atomic E-state index is 0.0313. The number of nitrogens with one attached hydrogen (secondary N) is 1. The molecule has 2 aromatic heterocycles. The maximum atomic E-state index is 11.4. The van der Waals surface area contributed by atoms with Crippen LogP contribution in [-0.2, 0) is 0 Å². The van der Waals surface area contributed by atoms with E-state index in [1.807, 2.05) is 56.3 Å². The average Bonchev–Trinajstić information content (AvgIpc) is 3.43. The molecule has 5 rings (SSSR count). The Labute approximate surface area is 225 Å². The highest BCUT2D eigenvalue weighted by molar-refractivity contribution is 7.80. The molecule has 0 amide bonds. The van der Waals surface area contributed by atoms with E-state index in [0.717, 1.165) is 28.3 Å². The van der Waals surface area contributed by atoms with Gasteiger partial charge in [0.1, 0.15) is 11.5 Å². The number of aryl methyl sites for hydroxylation is 1. The van der Waals surface area contributed by atoms with Crippen molar-refractivity contribution in [3.8, 4) is 17.2 Å². The van der Waals surface area contributed by atoms with Crippen molar-refractivity contribution in [3.05, 3.63) is 106 Å². The number of benzene rings is 2. The minimum atomic E-state index is -0.430. The van der Waals surface area contributed by atoms with Crippen LogP contribution >= 0.6 is 12.2 Å². The summed E-state index contributed by atoms with van der Waals surface area (Å²) in [5.74, 6) is 1.12. The molecule has 0 saturated carbocycles. The highest BCUT2D eigenvalue weighted by Crippen LogP contribution is 2.46. The van der Waals surface area contributed by atoms with E-state index in [2.05, 4.69) is 25.8 Å². The number of para-hydroxylation sites is 2. The lowest BCUT2D eigenvalue weighted by atomic mass is 9.96. The van der Waals surface area contributed by atoms with Crippen LogP contribution in [0.1, 0.15) is 34.7 Å². The highest BCUT2D eigenvalue weighted by atomic mass is 32.1. The van der Waals surface area contributed by atoms with Gasteiger partial charge in [-0.2, -0.15) is 0 Å². The first kappa shape index (κ1) is 25.2. The smallest absolute Gasteiger partial charge is 0.273 e. The summed E-state index contributed by atoms with van der Waals surface area (Å²) in [4.78, 5) is 17.6. The van der Waals surface area contributed by atoms with Gasteiger partial charge in [-0.25, -0.2) is 0 Å². The summed E-state index contributed by atoms with van der Waals surface area (Å²) in [5, 5.41) is 15.4. The van der Waals surface area contributed by atoms with E-state index < -0.39 is 4.92 Å². The van der Waals surface area contributed by atoms with Crippen molar-refractivity contribution in [2.45, 2.75) is 25.9 Å². The van der Waals surface area contributed by atoms with Gasteiger partial charge >= 0.3 is 0 Å². The molecule has 1 N–H and O–H groups in total. The molecule has 0 spiro atoms. The van der Waals surface area contributed by atoms with Crippen LogP contribution in [0.2, 0.25) is 0 Å². The van der Waals surface area contributed by atoms with Gasteiger partial charge in [-0.1, -0.05) is 18.2 Å². The molecule has 194 valence electrons. The molecule has 0 radical (unpaired) electrons. The van der Waals surface area contributed by atoms with Crippen molar-refractivity contribution >= 4 is 28.7 Å². The van der Waals surface area contributed by atoms with Crippen molar-refractivity contribution in [2.75, 3.05) is 19.1 Å². The molecular weight excluding hydrogens is 502 g/mol. The van der Waals surface area contributed by atoms with Crippen LogP contribution in [0.25, 0.3) is 5.69 Å². The number of thiocarbonyl (C=S) groups is 1. The number of methoxy groups -OCH3 is 2. The van der Waals surface area contributed by atoms with Crippen LogP contribution in [0.4, 0.5) is 11.4 Å². The molecule has 0 aliphatic carbocycles. The number of hydrogen-bond donors (Lipinski definition) is 1. The zero-order valence-electron chi connectivity index (χ0n) is 21.4. The Bertz CT molecular complexity index is 1520. The van der Waals surface area contributed by atoms with E-state index in [1.165, 1.54) is 19.2 Å². The number of nitro benzene ring substituents is 1. The molecule has 0 bridgehead atoms. The van der Waals surface area contributed by atoms with E-state index in [1.54, 1.807) is 19.4 Å². The summed E-state index contributed by atoms with van der Waals surface area (Å²) in [6.07, 6.45) is 1.77. The number of hydrogen-bond acceptors (Lipinski definition) is 6. The largest absolute Gasteiger partial charge is 0.495 e. The van der Waals surface area contributed by atoms with E-state index in [0.29, 0.717) is 22.3 Å². The van der Waals surface area contributed by atoms with Gasteiger partial charge in [0.05, 0.1) is 54.4 Å². The van der Waals surface area contributed by atoms with Crippen LogP contribution in [0.15, 0.2) is 72.9 Å². The summed E-state index contributed by atoms with van der Waals surface area (Å²) >= 11 is 5.88. The summed E-state index contributed by atoms with van der Waals surface area (Å²) in [5.41, 5.74) is 5.30. The third kappa shape index (κ3) is 4.22. The SMILES string of the molecule is COc1ccccc1N1C(=S)NC(c2ccccn2)C1c1cc(C)n(-c2ccc([N+](=O)[O-])cc2OC)c1C. The van der Waals surface area contributed by atoms with Gasteiger partial charge in [0.15, 0.2) is 5.11 Å². The second-order valence-corrected chi connectivity index (χ2v) is 9.33. The first-order chi connectivity index (χ1) is 18.3. The van der Waals surface area contributed by atoms with Crippen LogP contribution in [0, 0.1) is 24.0 Å². The molecule has 9 nitrogen and oxygen atoms in total. The lowest BCUT2D eigenvalue weighted by molar-refractivity contribution is -0.384. The van der Waals surface area contributed by atoms with Crippen molar-refractivity contribution in [1.82, 2.24) is 14.9 Å². The molecule has 10 heteroatoms. The van der Waals surface area contributed by atoms with E-state index in [-0.39, 0.29) is 17.8 Å². The Balaban J connectivity index is 1.70. The summed E-state index contributed by atoms with van der Waals surface area (Å²) < 4.78 is 13.3. The fourth-order valence-electron chi connectivity index (χ4n) is 5.18. The van der Waals surface area contributed by atoms with E-state index >= 15 is 0 Å². The lowest BCUT2D eigenvalue weighted by Crippen LogP contribution is -2.30. The minimum Gasteiger partial charge on any atom is -0.495 e. The van der Waals surface area contributed by atoms with Crippen molar-refractivity contribution in [1.29, 1.82) is 0 Å². The second-order valence-electron chi connectivity index (χ2n) is 8.94. The predicted molar refractivity (Wildman–Crippen MR) is 149 cm³/mol. The molecule has 1 saturated heterocycles. The number of nitrogens with zero attached hydrogens (tertiary/aromatic N) is 4. The molecule has 1 aliphatic heterocycles. The van der Waals surface area contributed by atoms with Gasteiger partial charge in [0.2, 0.25) is 0 Å². The summed E-state index contributed by atoms with van der Waals surface area (Å²) in [6, 6.07) is 19.9. The third-order valence-electron chi connectivity index (χ3n) is 6.85. The van der Waals surface area contributed by atoms with Gasteiger partial charge in [-0.05, 0) is 68.0 Å². The second kappa shape index (κ2) is 10.1. The Morgan fingerprint density at radius 2 is 1.71 bits per heavy atom. The van der Waals surface area contributed by atoms with Gasteiger partial charge < -0.3 is 24.3 Å². The van der Waals surface area contributed by atoms with Crippen LogP contribution in [0.5, 0.6) is 11.5 Å². The van der Waals surface area contributed by atoms with Crippen molar-refractivity contribution in [3.63, 3.8) is 0 Å². The number of aromatic nitrogens is 2. The molecular formula is C28H27N5O4S. The molecule has 38 heavy (non-hydrogen) atoms. The quantitative estimate of drug-likeness (QED) is 0.188. The number of anilines is 1. The fraction of sp³-hybridized carbons (Fsp3) is 0.214. The van der Waals surface area contributed by atoms with Gasteiger partial charge in [-0.3, -0.25) is 15.1 Å². The van der Waals surface area contributed by atoms with Crippen molar-refractivity contribution in [2.24, 2.45) is 0 Å². The van der Waals surface area contributed by atoms with Crippen LogP contribution < -0.4 is 19.7 Å². The average molecular weight is 530 g/mol. The first-order valence-electron chi connectivity index (χ1n) is 12.0. The molecule has 1 aliphatic rings. The first-order valence-corrected chi connectivity index (χ1v) is 12.4. The Morgan fingerprint density at radius 1 is 0.974 bits per heavy atom. The molecule has 3 heterocycles. The lowest BCUT2D eigenvalue weighted by Gasteiger charge is -2.29. The van der Waals surface area contributed by atoms with Crippen LogP contribution in [0.3, 0.4) is 0 Å². The number of nitro groups is 1. The van der Waals surface area contributed by atoms with Gasteiger partial charge in [0, 0.05) is 23.7 Å². The Hall–Kier alpha value is -4.44. The molecule has 4 aromatic rings. The molecule has 2 unspecified atom stereocenters. The molecule has 2 aromatic carbocycles. The summed E-state index contributed by atoms with van der Waals surface area (Å²) in [7, 11) is 3.15. The van der Waals surface area contributed by atoms with Gasteiger partial charge in [-0.15, -0.1) is 0 Å². The zero-order chi connectivity index (χ0) is 27.0. The number of ether oxygens (including phenoxy) is 2. The number of rotatable bonds is 7. The maximum absolute atomic E-state index is 11.4. The standard InChI is InChI=1S/C28H27N5O4S/c1-17-15-20(18(2)31(17)23-13-12-19(33(34)35)16-25(23)37-4)27-26(21-9-7-8-14-29-21)30-28(38)32(27)22-10-5-6-11-24(22)36-3/h5-16,26-27H,1-4H3,(H,30,38). The molecule has 2 atom stereocenters. The fourth-order valence-corrected chi connectivity index (χ4v) is 5.52. The number of non-ortho nitro benzene ring substituents is 1. The van der Waals surface area contributed by atoms with Crippen molar-refractivity contribution < 1.29 is 14.4 Å². The maximum Gasteiger partial charge on any atom is 0.273 e. The normalized spacial score (nSPS) is 16.8.